The Morgan fingerprint density at radius 1 is 1.30 bits per heavy atom. The van der Waals surface area contributed by atoms with Crippen molar-refractivity contribution in [2.75, 3.05) is 11.9 Å². The van der Waals surface area contributed by atoms with Crippen molar-refractivity contribution in [3.63, 3.8) is 0 Å². The van der Waals surface area contributed by atoms with Gasteiger partial charge in [0.1, 0.15) is 6.26 Å². The van der Waals surface area contributed by atoms with Gasteiger partial charge in [-0.15, -0.1) is 0 Å². The number of anilines is 1. The van der Waals surface area contributed by atoms with Crippen molar-refractivity contribution in [2.45, 2.75) is 0 Å². The second-order valence-corrected chi connectivity index (χ2v) is 5.13. The number of pyridine rings is 1. The molecule has 0 saturated heterocycles. The molecular formula is C15H11BrN2O2. The van der Waals surface area contributed by atoms with Gasteiger partial charge in [-0.2, -0.15) is 0 Å². The molecule has 2 aromatic heterocycles. The van der Waals surface area contributed by atoms with Crippen LogP contribution in [0.1, 0.15) is 10.4 Å². The number of aromatic nitrogens is 1. The summed E-state index contributed by atoms with van der Waals surface area (Å²) in [6, 6.07) is 11.2. The van der Waals surface area contributed by atoms with Gasteiger partial charge in [0.05, 0.1) is 16.8 Å². The molecule has 0 N–H and O–H groups in total. The molecule has 0 unspecified atom stereocenters. The molecule has 0 aliphatic rings. The van der Waals surface area contributed by atoms with Crippen molar-refractivity contribution in [3.8, 4) is 0 Å². The lowest BCUT2D eigenvalue weighted by Gasteiger charge is -2.18. The number of nitrogens with zero attached hydrogens (tertiary/aromatic N) is 2. The Bertz CT molecular complexity index is 777. The van der Waals surface area contributed by atoms with Crippen LogP contribution < -0.4 is 4.90 Å². The number of hydrogen-bond donors (Lipinski definition) is 0. The second kappa shape index (κ2) is 5.09. The highest BCUT2D eigenvalue weighted by atomic mass is 79.9. The lowest BCUT2D eigenvalue weighted by Crippen LogP contribution is -2.25. The smallest absolute Gasteiger partial charge is 0.261 e. The third-order valence-corrected chi connectivity index (χ3v) is 3.52. The molecule has 1 amide bonds. The van der Waals surface area contributed by atoms with Gasteiger partial charge in [0, 0.05) is 24.7 Å². The molecule has 2 heterocycles. The van der Waals surface area contributed by atoms with Crippen LogP contribution >= 0.6 is 15.9 Å². The molecule has 1 aromatic carbocycles. The van der Waals surface area contributed by atoms with Crippen molar-refractivity contribution in [1.29, 1.82) is 0 Å². The first-order valence-corrected chi connectivity index (χ1v) is 6.82. The van der Waals surface area contributed by atoms with Crippen LogP contribution in [-0.2, 0) is 0 Å². The minimum atomic E-state index is -0.129. The van der Waals surface area contributed by atoms with E-state index < -0.39 is 0 Å². The molecule has 5 heteroatoms. The maximum atomic E-state index is 12.4. The molecule has 4 nitrogen and oxygen atoms in total. The van der Waals surface area contributed by atoms with Crippen molar-refractivity contribution in [1.82, 2.24) is 4.98 Å². The van der Waals surface area contributed by atoms with Crippen LogP contribution in [0, 0.1) is 0 Å². The van der Waals surface area contributed by atoms with Crippen molar-refractivity contribution in [2.24, 2.45) is 0 Å². The number of fused-ring (bicyclic) bond motifs is 1. The van der Waals surface area contributed by atoms with Crippen LogP contribution in [0.2, 0.25) is 0 Å². The van der Waals surface area contributed by atoms with Gasteiger partial charge in [-0.3, -0.25) is 9.78 Å². The fourth-order valence-corrected chi connectivity index (χ4v) is 2.44. The molecule has 0 aliphatic heterocycles. The monoisotopic (exact) mass is 330 g/mol. The number of halogens is 1. The van der Waals surface area contributed by atoms with E-state index >= 15 is 0 Å². The van der Waals surface area contributed by atoms with Crippen LogP contribution in [0.5, 0.6) is 0 Å². The summed E-state index contributed by atoms with van der Waals surface area (Å²) in [6.45, 7) is 0. The second-order valence-electron chi connectivity index (χ2n) is 4.35. The van der Waals surface area contributed by atoms with E-state index in [2.05, 4.69) is 20.9 Å². The molecule has 3 rings (SSSR count). The van der Waals surface area contributed by atoms with Crippen LogP contribution in [0.3, 0.4) is 0 Å². The Kier molecular flexibility index (Phi) is 3.28. The van der Waals surface area contributed by atoms with Gasteiger partial charge in [0.2, 0.25) is 0 Å². The van der Waals surface area contributed by atoms with E-state index in [9.17, 15) is 4.79 Å². The van der Waals surface area contributed by atoms with E-state index in [1.54, 1.807) is 24.2 Å². The highest BCUT2D eigenvalue weighted by molar-refractivity contribution is 9.10. The molecule has 100 valence electrons. The van der Waals surface area contributed by atoms with E-state index in [1.807, 2.05) is 30.3 Å². The van der Waals surface area contributed by atoms with Crippen molar-refractivity contribution < 1.29 is 9.21 Å². The Morgan fingerprint density at radius 3 is 2.90 bits per heavy atom. The first kappa shape index (κ1) is 12.9. The van der Waals surface area contributed by atoms with Crippen LogP contribution in [0.25, 0.3) is 10.9 Å². The van der Waals surface area contributed by atoms with Crippen molar-refractivity contribution >= 4 is 38.4 Å². The predicted molar refractivity (Wildman–Crippen MR) is 80.9 cm³/mol. The van der Waals surface area contributed by atoms with Gasteiger partial charge in [0.25, 0.3) is 5.91 Å². The maximum Gasteiger partial charge on any atom is 0.261 e. The average Bonchev–Trinajstić information content (AvgIpc) is 2.91. The predicted octanol–water partition coefficient (Wildman–Crippen LogP) is 3.87. The third-order valence-electron chi connectivity index (χ3n) is 3.10. The number of benzene rings is 1. The molecule has 0 fully saturated rings. The van der Waals surface area contributed by atoms with E-state index in [0.29, 0.717) is 10.2 Å². The summed E-state index contributed by atoms with van der Waals surface area (Å²) >= 11 is 3.20. The largest absolute Gasteiger partial charge is 0.457 e. The third kappa shape index (κ3) is 2.20. The number of carbonyl (C=O) groups is 1. The fraction of sp³-hybridized carbons (Fsp3) is 0.0667. The number of amides is 1. The summed E-state index contributed by atoms with van der Waals surface area (Å²) in [6.07, 6.45) is 3.17. The normalized spacial score (nSPS) is 10.7. The Morgan fingerprint density at radius 2 is 2.15 bits per heavy atom. The van der Waals surface area contributed by atoms with Gasteiger partial charge >= 0.3 is 0 Å². The van der Waals surface area contributed by atoms with Gasteiger partial charge in [-0.1, -0.05) is 6.07 Å². The number of carbonyl (C=O) groups excluding carboxylic acids is 1. The fourth-order valence-electron chi connectivity index (χ4n) is 2.10. The number of hydrogen-bond acceptors (Lipinski definition) is 3. The molecule has 0 radical (unpaired) electrons. The van der Waals surface area contributed by atoms with Gasteiger partial charge in [-0.05, 0) is 40.2 Å². The number of rotatable bonds is 2. The van der Waals surface area contributed by atoms with Gasteiger partial charge in [-0.25, -0.2) is 0 Å². The zero-order chi connectivity index (χ0) is 14.1. The van der Waals surface area contributed by atoms with E-state index in [4.69, 9.17) is 4.42 Å². The molecule has 0 aliphatic carbocycles. The molecule has 0 bridgehead atoms. The topological polar surface area (TPSA) is 46.3 Å². The molecule has 3 aromatic rings. The molecular weight excluding hydrogens is 320 g/mol. The quantitative estimate of drug-likeness (QED) is 0.716. The SMILES string of the molecule is CN(C(=O)c1coc(Br)c1)c1cccc2ncccc12. The van der Waals surface area contributed by atoms with Crippen LogP contribution in [-0.4, -0.2) is 17.9 Å². The Labute approximate surface area is 124 Å². The first-order valence-electron chi connectivity index (χ1n) is 6.02. The maximum absolute atomic E-state index is 12.4. The summed E-state index contributed by atoms with van der Waals surface area (Å²) in [5, 5.41) is 0.938. The minimum Gasteiger partial charge on any atom is -0.457 e. The average molecular weight is 331 g/mol. The summed E-state index contributed by atoms with van der Waals surface area (Å²) in [5.74, 6) is -0.129. The minimum absolute atomic E-state index is 0.129. The highest BCUT2D eigenvalue weighted by Gasteiger charge is 2.17. The molecule has 20 heavy (non-hydrogen) atoms. The number of furan rings is 1. The summed E-state index contributed by atoms with van der Waals surface area (Å²) in [7, 11) is 1.74. The van der Waals surface area contributed by atoms with Crippen LogP contribution in [0.4, 0.5) is 5.69 Å². The van der Waals surface area contributed by atoms with Crippen LogP contribution in [0.15, 0.2) is 57.9 Å². The van der Waals surface area contributed by atoms with Gasteiger partial charge in [0.15, 0.2) is 4.67 Å². The molecule has 0 atom stereocenters. The summed E-state index contributed by atoms with van der Waals surface area (Å²) in [5.41, 5.74) is 2.18. The molecule has 0 spiro atoms. The van der Waals surface area contributed by atoms with Gasteiger partial charge < -0.3 is 9.32 Å². The summed E-state index contributed by atoms with van der Waals surface area (Å²) in [4.78, 5) is 18.3. The Balaban J connectivity index is 2.04. The highest BCUT2D eigenvalue weighted by Crippen LogP contribution is 2.26. The lowest BCUT2D eigenvalue weighted by atomic mass is 10.1. The van der Waals surface area contributed by atoms with E-state index in [0.717, 1.165) is 16.6 Å². The molecule has 0 saturated carbocycles. The van der Waals surface area contributed by atoms with Crippen molar-refractivity contribution in [3.05, 3.63) is 59.1 Å². The zero-order valence-corrected chi connectivity index (χ0v) is 12.3. The van der Waals surface area contributed by atoms with E-state index in [-0.39, 0.29) is 5.91 Å². The zero-order valence-electron chi connectivity index (χ0n) is 10.7. The lowest BCUT2D eigenvalue weighted by molar-refractivity contribution is 0.0992. The van der Waals surface area contributed by atoms with E-state index in [1.165, 1.54) is 6.26 Å². The summed E-state index contributed by atoms with van der Waals surface area (Å²) < 4.78 is 5.65. The Hall–Kier alpha value is -2.14. The first-order chi connectivity index (χ1) is 9.66. The standard InChI is InChI=1S/C15H11BrN2O2/c1-18(15(19)10-8-14(16)20-9-10)13-6-2-5-12-11(13)4-3-7-17-12/h2-9H,1H3.